The van der Waals surface area contributed by atoms with Crippen molar-refractivity contribution in [1.82, 2.24) is 0 Å². The standard InChI is InChI=1S/C15H10Cl3NO/c16-11-7-4-10(5-8-11)6-9-14(20)19-13-3-1-2-12(17)15(13)18/h1-9H,(H,19,20)/b9-6+. The molecule has 0 bridgehead atoms. The number of rotatable bonds is 3. The van der Waals surface area contributed by atoms with Crippen molar-refractivity contribution in [2.75, 3.05) is 5.32 Å². The average Bonchev–Trinajstić information content (AvgIpc) is 2.43. The van der Waals surface area contributed by atoms with Crippen molar-refractivity contribution in [2.24, 2.45) is 0 Å². The van der Waals surface area contributed by atoms with E-state index in [4.69, 9.17) is 34.8 Å². The first-order chi connectivity index (χ1) is 9.56. The molecule has 2 rings (SSSR count). The molecular formula is C15H10Cl3NO. The van der Waals surface area contributed by atoms with Gasteiger partial charge in [0.05, 0.1) is 15.7 Å². The molecule has 2 aromatic carbocycles. The molecule has 1 N–H and O–H groups in total. The Balaban J connectivity index is 2.05. The molecule has 0 aliphatic carbocycles. The fourth-order valence-corrected chi connectivity index (χ4v) is 1.99. The minimum Gasteiger partial charge on any atom is -0.321 e. The van der Waals surface area contributed by atoms with E-state index in [-0.39, 0.29) is 5.91 Å². The van der Waals surface area contributed by atoms with Crippen LogP contribution in [-0.4, -0.2) is 5.91 Å². The van der Waals surface area contributed by atoms with Gasteiger partial charge >= 0.3 is 0 Å². The fraction of sp³-hybridized carbons (Fsp3) is 0. The summed E-state index contributed by atoms with van der Waals surface area (Å²) in [5, 5.41) is 4.03. The largest absolute Gasteiger partial charge is 0.321 e. The first-order valence-electron chi connectivity index (χ1n) is 5.75. The molecule has 0 aliphatic rings. The van der Waals surface area contributed by atoms with E-state index in [9.17, 15) is 4.79 Å². The van der Waals surface area contributed by atoms with Crippen LogP contribution in [0.1, 0.15) is 5.56 Å². The Kier molecular flexibility index (Phi) is 5.07. The number of hydrogen-bond acceptors (Lipinski definition) is 1. The second-order valence-electron chi connectivity index (χ2n) is 3.98. The third-order valence-corrected chi connectivity index (χ3v) is 3.58. The monoisotopic (exact) mass is 325 g/mol. The lowest BCUT2D eigenvalue weighted by Gasteiger charge is -2.05. The van der Waals surface area contributed by atoms with Crippen LogP contribution in [0.4, 0.5) is 5.69 Å². The van der Waals surface area contributed by atoms with E-state index >= 15 is 0 Å². The molecule has 0 spiro atoms. The van der Waals surface area contributed by atoms with Gasteiger partial charge in [-0.15, -0.1) is 0 Å². The van der Waals surface area contributed by atoms with Crippen LogP contribution in [0.2, 0.25) is 15.1 Å². The maximum Gasteiger partial charge on any atom is 0.248 e. The van der Waals surface area contributed by atoms with Crippen molar-refractivity contribution in [3.63, 3.8) is 0 Å². The summed E-state index contributed by atoms with van der Waals surface area (Å²) in [5.74, 6) is -0.288. The van der Waals surface area contributed by atoms with Crippen LogP contribution in [0, 0.1) is 0 Å². The van der Waals surface area contributed by atoms with Crippen LogP contribution >= 0.6 is 34.8 Å². The van der Waals surface area contributed by atoms with E-state index in [1.165, 1.54) is 6.08 Å². The molecule has 102 valence electrons. The predicted molar refractivity (Wildman–Crippen MR) is 85.6 cm³/mol. The summed E-state index contributed by atoms with van der Waals surface area (Å²) >= 11 is 17.6. The van der Waals surface area contributed by atoms with Crippen molar-refractivity contribution >= 4 is 52.5 Å². The van der Waals surface area contributed by atoms with E-state index in [1.807, 2.05) is 12.1 Å². The summed E-state index contributed by atoms with van der Waals surface area (Å²) < 4.78 is 0. The molecule has 1 amide bonds. The summed E-state index contributed by atoms with van der Waals surface area (Å²) in [5.41, 5.74) is 1.35. The summed E-state index contributed by atoms with van der Waals surface area (Å²) in [6, 6.07) is 12.2. The lowest BCUT2D eigenvalue weighted by Crippen LogP contribution is -2.08. The van der Waals surface area contributed by atoms with Gasteiger partial charge in [-0.2, -0.15) is 0 Å². The van der Waals surface area contributed by atoms with E-state index < -0.39 is 0 Å². The maximum atomic E-state index is 11.8. The second-order valence-corrected chi connectivity index (χ2v) is 5.20. The number of benzene rings is 2. The second kappa shape index (κ2) is 6.80. The highest BCUT2D eigenvalue weighted by Gasteiger charge is 2.05. The van der Waals surface area contributed by atoms with Gasteiger partial charge in [0.25, 0.3) is 0 Å². The number of halogens is 3. The SMILES string of the molecule is O=C(/C=C/c1ccc(Cl)cc1)Nc1cccc(Cl)c1Cl. The number of carbonyl (C=O) groups excluding carboxylic acids is 1. The van der Waals surface area contributed by atoms with Crippen molar-refractivity contribution in [2.45, 2.75) is 0 Å². The first-order valence-corrected chi connectivity index (χ1v) is 6.88. The van der Waals surface area contributed by atoms with E-state index in [0.717, 1.165) is 5.56 Å². The molecule has 0 fully saturated rings. The van der Waals surface area contributed by atoms with Gasteiger partial charge in [-0.1, -0.05) is 53.0 Å². The number of amides is 1. The third-order valence-electron chi connectivity index (χ3n) is 2.51. The molecular weight excluding hydrogens is 317 g/mol. The first kappa shape index (κ1) is 14.9. The zero-order chi connectivity index (χ0) is 14.5. The molecule has 2 aromatic rings. The Bertz CT molecular complexity index is 651. The van der Waals surface area contributed by atoms with Gasteiger partial charge in [-0.25, -0.2) is 0 Å². The normalized spacial score (nSPS) is 10.8. The number of nitrogens with one attached hydrogen (secondary N) is 1. The molecule has 0 radical (unpaired) electrons. The molecule has 5 heteroatoms. The van der Waals surface area contributed by atoms with Crippen LogP contribution < -0.4 is 5.32 Å². The van der Waals surface area contributed by atoms with Crippen molar-refractivity contribution < 1.29 is 4.79 Å². The lowest BCUT2D eigenvalue weighted by atomic mass is 10.2. The van der Waals surface area contributed by atoms with E-state index in [2.05, 4.69) is 5.32 Å². The Hall–Kier alpha value is -1.48. The van der Waals surface area contributed by atoms with E-state index in [0.29, 0.717) is 20.8 Å². The average molecular weight is 327 g/mol. The van der Waals surface area contributed by atoms with Crippen LogP contribution in [0.25, 0.3) is 6.08 Å². The Morgan fingerprint density at radius 3 is 2.40 bits per heavy atom. The number of hydrogen-bond donors (Lipinski definition) is 1. The van der Waals surface area contributed by atoms with Crippen molar-refractivity contribution in [3.05, 3.63) is 69.2 Å². The molecule has 0 aromatic heterocycles. The highest BCUT2D eigenvalue weighted by molar-refractivity contribution is 6.44. The fourth-order valence-electron chi connectivity index (χ4n) is 1.52. The highest BCUT2D eigenvalue weighted by atomic mass is 35.5. The zero-order valence-corrected chi connectivity index (χ0v) is 12.5. The summed E-state index contributed by atoms with van der Waals surface area (Å²) in [6.45, 7) is 0. The Labute approximate surface area is 132 Å². The topological polar surface area (TPSA) is 29.1 Å². The van der Waals surface area contributed by atoms with Gasteiger partial charge < -0.3 is 5.32 Å². The van der Waals surface area contributed by atoms with Gasteiger partial charge in [-0.3, -0.25) is 4.79 Å². The molecule has 0 unspecified atom stereocenters. The van der Waals surface area contributed by atoms with Crippen LogP contribution in [-0.2, 0) is 4.79 Å². The van der Waals surface area contributed by atoms with E-state index in [1.54, 1.807) is 36.4 Å². The predicted octanol–water partition coefficient (Wildman–Crippen LogP) is 5.30. The zero-order valence-electron chi connectivity index (χ0n) is 10.2. The van der Waals surface area contributed by atoms with Gasteiger partial charge in [0, 0.05) is 11.1 Å². The Morgan fingerprint density at radius 2 is 1.70 bits per heavy atom. The molecule has 0 heterocycles. The summed E-state index contributed by atoms with van der Waals surface area (Å²) in [4.78, 5) is 11.8. The number of carbonyl (C=O) groups is 1. The molecule has 0 atom stereocenters. The Morgan fingerprint density at radius 1 is 1.00 bits per heavy atom. The smallest absolute Gasteiger partial charge is 0.248 e. The minimum absolute atomic E-state index is 0.288. The molecule has 0 aliphatic heterocycles. The van der Waals surface area contributed by atoms with Gasteiger partial charge in [-0.05, 0) is 35.9 Å². The maximum absolute atomic E-state index is 11.8. The number of anilines is 1. The van der Waals surface area contributed by atoms with Crippen molar-refractivity contribution in [1.29, 1.82) is 0 Å². The van der Waals surface area contributed by atoms with Crippen LogP contribution in [0.15, 0.2) is 48.5 Å². The van der Waals surface area contributed by atoms with Gasteiger partial charge in [0.15, 0.2) is 0 Å². The molecule has 20 heavy (non-hydrogen) atoms. The third kappa shape index (κ3) is 4.01. The van der Waals surface area contributed by atoms with Crippen molar-refractivity contribution in [3.8, 4) is 0 Å². The van der Waals surface area contributed by atoms with Gasteiger partial charge in [0.2, 0.25) is 5.91 Å². The summed E-state index contributed by atoms with van der Waals surface area (Å²) in [6.07, 6.45) is 3.10. The molecule has 2 nitrogen and oxygen atoms in total. The quantitative estimate of drug-likeness (QED) is 0.762. The summed E-state index contributed by atoms with van der Waals surface area (Å²) in [7, 11) is 0. The van der Waals surface area contributed by atoms with Gasteiger partial charge in [0.1, 0.15) is 0 Å². The van der Waals surface area contributed by atoms with Crippen LogP contribution in [0.3, 0.4) is 0 Å². The van der Waals surface area contributed by atoms with Crippen LogP contribution in [0.5, 0.6) is 0 Å². The highest BCUT2D eigenvalue weighted by Crippen LogP contribution is 2.29. The minimum atomic E-state index is -0.288. The molecule has 0 saturated carbocycles. The molecule has 0 saturated heterocycles. The lowest BCUT2D eigenvalue weighted by molar-refractivity contribution is -0.111.